The second kappa shape index (κ2) is 3.77. The minimum Gasteiger partial charge on any atom is -0.347 e. The number of aromatic nitrogens is 3. The van der Waals surface area contributed by atoms with E-state index in [2.05, 4.69) is 21.3 Å². The number of pyridine rings is 1. The third kappa shape index (κ3) is 1.65. The number of H-pyrrole nitrogens is 1. The number of rotatable bonds is 1. The summed E-state index contributed by atoms with van der Waals surface area (Å²) in [5.74, 6) is -0.600. The third-order valence-electron chi connectivity index (χ3n) is 2.95. The first-order valence-electron chi connectivity index (χ1n) is 5.65. The molecule has 1 fully saturated rings. The fraction of sp³-hybridized carbons (Fsp3) is 0.417. The van der Waals surface area contributed by atoms with Crippen molar-refractivity contribution in [3.8, 4) is 6.07 Å². The molecule has 0 bridgehead atoms. The number of hydrogen-bond donors (Lipinski definition) is 1. The molecule has 0 aromatic carbocycles. The van der Waals surface area contributed by atoms with Gasteiger partial charge in [0.15, 0.2) is 17.1 Å². The van der Waals surface area contributed by atoms with E-state index in [0.29, 0.717) is 23.3 Å². The average Bonchev–Trinajstić information content (AvgIpc) is 2.91. The Hall–Kier alpha value is -1.97. The molecule has 0 amide bonds. The Bertz CT molecular complexity index is 641. The minimum atomic E-state index is -0.600. The highest BCUT2D eigenvalue weighted by atomic mass is 16.7. The number of aromatic amines is 1. The van der Waals surface area contributed by atoms with Crippen molar-refractivity contribution in [3.05, 3.63) is 23.5 Å². The third-order valence-corrected chi connectivity index (χ3v) is 2.95. The summed E-state index contributed by atoms with van der Waals surface area (Å²) in [5, 5.41) is 16.5. The van der Waals surface area contributed by atoms with Crippen molar-refractivity contribution in [2.75, 3.05) is 6.61 Å². The molecule has 0 spiro atoms. The van der Waals surface area contributed by atoms with Gasteiger partial charge in [-0.25, -0.2) is 4.98 Å². The summed E-state index contributed by atoms with van der Waals surface area (Å²) in [6, 6.07) is 3.90. The maximum Gasteiger partial charge on any atom is 0.172 e. The van der Waals surface area contributed by atoms with Gasteiger partial charge >= 0.3 is 0 Å². The largest absolute Gasteiger partial charge is 0.347 e. The van der Waals surface area contributed by atoms with Gasteiger partial charge in [-0.15, -0.1) is 0 Å². The topological polar surface area (TPSA) is 83.8 Å². The number of ether oxygens (including phenoxy) is 2. The Labute approximate surface area is 104 Å². The molecule has 1 aliphatic rings. The lowest BCUT2D eigenvalue weighted by molar-refractivity contribution is -0.138. The zero-order chi connectivity index (χ0) is 12.8. The van der Waals surface area contributed by atoms with Crippen molar-refractivity contribution in [3.63, 3.8) is 0 Å². The van der Waals surface area contributed by atoms with Crippen LogP contribution >= 0.6 is 0 Å². The maximum atomic E-state index is 9.06. The molecule has 3 heterocycles. The number of nitrogens with one attached hydrogen (secondary N) is 1. The predicted octanol–water partition coefficient (Wildman–Crippen LogP) is 1.65. The monoisotopic (exact) mass is 244 g/mol. The van der Waals surface area contributed by atoms with Gasteiger partial charge in [-0.3, -0.25) is 5.10 Å². The van der Waals surface area contributed by atoms with Crippen molar-refractivity contribution in [2.45, 2.75) is 25.7 Å². The van der Waals surface area contributed by atoms with Gasteiger partial charge in [-0.05, 0) is 25.5 Å². The van der Waals surface area contributed by atoms with Crippen LogP contribution in [0.1, 0.15) is 31.2 Å². The molecular formula is C12H12N4O2. The summed E-state index contributed by atoms with van der Waals surface area (Å²) in [6.45, 7) is 4.19. The van der Waals surface area contributed by atoms with Crippen molar-refractivity contribution in [1.29, 1.82) is 5.26 Å². The molecule has 2 aromatic rings. The van der Waals surface area contributed by atoms with Crippen LogP contribution < -0.4 is 0 Å². The van der Waals surface area contributed by atoms with E-state index in [0.717, 1.165) is 5.56 Å². The summed E-state index contributed by atoms with van der Waals surface area (Å²) in [7, 11) is 0. The predicted molar refractivity (Wildman–Crippen MR) is 62.5 cm³/mol. The molecule has 0 radical (unpaired) electrons. The van der Waals surface area contributed by atoms with Crippen LogP contribution in [0, 0.1) is 11.3 Å². The van der Waals surface area contributed by atoms with Gasteiger partial charge in [0.1, 0.15) is 12.2 Å². The van der Waals surface area contributed by atoms with Gasteiger partial charge in [0, 0.05) is 6.20 Å². The van der Waals surface area contributed by atoms with Gasteiger partial charge in [0.2, 0.25) is 0 Å². The first kappa shape index (κ1) is 11.1. The zero-order valence-corrected chi connectivity index (χ0v) is 10.1. The normalized spacial score (nSPS) is 22.2. The van der Waals surface area contributed by atoms with Crippen LogP contribution in [0.15, 0.2) is 12.3 Å². The molecule has 92 valence electrons. The minimum absolute atomic E-state index is 0.199. The first-order valence-corrected chi connectivity index (χ1v) is 5.65. The number of hydrogen-bond acceptors (Lipinski definition) is 5. The van der Waals surface area contributed by atoms with Gasteiger partial charge in [0.05, 0.1) is 12.0 Å². The van der Waals surface area contributed by atoms with Crippen LogP contribution in [0.2, 0.25) is 0 Å². The quantitative estimate of drug-likeness (QED) is 0.824. The fourth-order valence-electron chi connectivity index (χ4n) is 2.16. The van der Waals surface area contributed by atoms with Crippen LogP contribution in [0.5, 0.6) is 0 Å². The van der Waals surface area contributed by atoms with Crippen molar-refractivity contribution >= 4 is 11.0 Å². The Morgan fingerprint density at radius 1 is 1.56 bits per heavy atom. The molecule has 2 aromatic heterocycles. The average molecular weight is 244 g/mol. The molecule has 1 aliphatic heterocycles. The maximum absolute atomic E-state index is 9.06. The highest BCUT2D eigenvalue weighted by Crippen LogP contribution is 2.35. The van der Waals surface area contributed by atoms with Crippen LogP contribution in [0.4, 0.5) is 0 Å². The van der Waals surface area contributed by atoms with Crippen molar-refractivity contribution in [2.24, 2.45) is 0 Å². The Morgan fingerprint density at radius 2 is 2.39 bits per heavy atom. The highest BCUT2D eigenvalue weighted by Gasteiger charge is 2.35. The van der Waals surface area contributed by atoms with Gasteiger partial charge in [0.25, 0.3) is 0 Å². The molecule has 0 aliphatic carbocycles. The van der Waals surface area contributed by atoms with Crippen molar-refractivity contribution < 1.29 is 9.47 Å². The fourth-order valence-corrected chi connectivity index (χ4v) is 2.16. The van der Waals surface area contributed by atoms with E-state index in [4.69, 9.17) is 14.7 Å². The van der Waals surface area contributed by atoms with E-state index >= 15 is 0 Å². The highest BCUT2D eigenvalue weighted by molar-refractivity contribution is 5.84. The Balaban J connectivity index is 2.13. The van der Waals surface area contributed by atoms with Gasteiger partial charge in [-0.2, -0.15) is 10.4 Å². The number of fused-ring (bicyclic) bond motifs is 1. The second-order valence-corrected chi connectivity index (χ2v) is 4.63. The second-order valence-electron chi connectivity index (χ2n) is 4.63. The molecule has 3 rings (SSSR count). The lowest BCUT2D eigenvalue weighted by Crippen LogP contribution is -2.19. The van der Waals surface area contributed by atoms with Crippen LogP contribution in [0.3, 0.4) is 0 Å². The molecule has 1 N–H and O–H groups in total. The molecule has 1 saturated heterocycles. The summed E-state index contributed by atoms with van der Waals surface area (Å²) < 4.78 is 11.4. The van der Waals surface area contributed by atoms with E-state index in [1.54, 1.807) is 6.20 Å². The molecule has 1 atom stereocenters. The molecule has 1 unspecified atom stereocenters. The SMILES string of the molecule is CC1(C)OCC(c2ccnc3[nH]nc(C#N)c23)O1. The summed E-state index contributed by atoms with van der Waals surface area (Å²) >= 11 is 0. The smallest absolute Gasteiger partial charge is 0.172 e. The number of nitrogens with zero attached hydrogens (tertiary/aromatic N) is 3. The number of nitriles is 1. The van der Waals surface area contributed by atoms with E-state index in [9.17, 15) is 0 Å². The zero-order valence-electron chi connectivity index (χ0n) is 10.1. The molecular weight excluding hydrogens is 232 g/mol. The van der Waals surface area contributed by atoms with Crippen LogP contribution in [0.25, 0.3) is 11.0 Å². The Kier molecular flexibility index (Phi) is 2.33. The van der Waals surface area contributed by atoms with Gasteiger partial charge in [-0.1, -0.05) is 0 Å². The van der Waals surface area contributed by atoms with Gasteiger partial charge < -0.3 is 9.47 Å². The van der Waals surface area contributed by atoms with E-state index < -0.39 is 5.79 Å². The van der Waals surface area contributed by atoms with Crippen molar-refractivity contribution in [1.82, 2.24) is 15.2 Å². The van der Waals surface area contributed by atoms with Crippen LogP contribution in [-0.2, 0) is 9.47 Å². The van der Waals surface area contributed by atoms with E-state index in [-0.39, 0.29) is 6.10 Å². The standard InChI is InChI=1S/C12H12N4O2/c1-12(2)17-6-9(18-12)7-3-4-14-11-10(7)8(5-13)15-16-11/h3-4,9H,6H2,1-2H3,(H,14,15,16). The lowest BCUT2D eigenvalue weighted by Gasteiger charge is -2.17. The van der Waals surface area contributed by atoms with Crippen LogP contribution in [-0.4, -0.2) is 27.6 Å². The molecule has 6 heteroatoms. The summed E-state index contributed by atoms with van der Waals surface area (Å²) in [6.07, 6.45) is 1.47. The summed E-state index contributed by atoms with van der Waals surface area (Å²) in [4.78, 5) is 4.15. The van der Waals surface area contributed by atoms with E-state index in [1.165, 1.54) is 0 Å². The summed E-state index contributed by atoms with van der Waals surface area (Å²) in [5.41, 5.74) is 1.81. The Morgan fingerprint density at radius 3 is 3.06 bits per heavy atom. The molecule has 0 saturated carbocycles. The molecule has 6 nitrogen and oxygen atoms in total. The lowest BCUT2D eigenvalue weighted by atomic mass is 10.1. The first-order chi connectivity index (χ1) is 8.61. The van der Waals surface area contributed by atoms with E-state index in [1.807, 2.05) is 19.9 Å². The molecule has 18 heavy (non-hydrogen) atoms.